The van der Waals surface area contributed by atoms with Crippen molar-refractivity contribution in [3.05, 3.63) is 0 Å². The highest BCUT2D eigenvalue weighted by molar-refractivity contribution is 5.85. The van der Waals surface area contributed by atoms with E-state index in [1.54, 1.807) is 19.0 Å². The van der Waals surface area contributed by atoms with Gasteiger partial charge in [-0.05, 0) is 19.4 Å². The van der Waals surface area contributed by atoms with E-state index in [4.69, 9.17) is 10.9 Å². The summed E-state index contributed by atoms with van der Waals surface area (Å²) < 4.78 is 0. The minimum atomic E-state index is -0.317. The number of amidine groups is 1. The zero-order valence-electron chi connectivity index (χ0n) is 11.2. The van der Waals surface area contributed by atoms with E-state index in [0.29, 0.717) is 6.54 Å². The van der Waals surface area contributed by atoms with E-state index in [-0.39, 0.29) is 17.2 Å². The van der Waals surface area contributed by atoms with E-state index in [1.807, 2.05) is 13.8 Å². The second-order valence-corrected chi connectivity index (χ2v) is 4.94. The number of likely N-dealkylation sites (N-methyl/N-ethyl adjacent to an activating group) is 1. The van der Waals surface area contributed by atoms with E-state index in [2.05, 4.69) is 10.5 Å². The first-order valence-electron chi connectivity index (χ1n) is 5.70. The SMILES string of the molecule is CN(C)C(=O)CNCCCC(C)(C)C(N)=NO. The number of nitrogens with one attached hydrogen (secondary N) is 1. The van der Waals surface area contributed by atoms with Gasteiger partial charge in [0, 0.05) is 19.5 Å². The lowest BCUT2D eigenvalue weighted by Crippen LogP contribution is -2.35. The predicted molar refractivity (Wildman–Crippen MR) is 68.0 cm³/mol. The molecule has 0 heterocycles. The molecule has 0 aliphatic carbocycles. The Balaban J connectivity index is 3.76. The van der Waals surface area contributed by atoms with Crippen LogP contribution in [0.3, 0.4) is 0 Å². The van der Waals surface area contributed by atoms with Crippen LogP contribution in [0, 0.1) is 5.41 Å². The summed E-state index contributed by atoms with van der Waals surface area (Å²) in [5, 5.41) is 14.7. The number of nitrogens with two attached hydrogens (primary N) is 1. The maximum atomic E-state index is 11.2. The third kappa shape index (κ3) is 6.11. The maximum Gasteiger partial charge on any atom is 0.236 e. The van der Waals surface area contributed by atoms with E-state index in [1.165, 1.54) is 0 Å². The van der Waals surface area contributed by atoms with Gasteiger partial charge in [-0.2, -0.15) is 0 Å². The molecule has 6 nitrogen and oxygen atoms in total. The molecule has 0 bridgehead atoms. The van der Waals surface area contributed by atoms with Crippen molar-refractivity contribution in [2.24, 2.45) is 16.3 Å². The largest absolute Gasteiger partial charge is 0.409 e. The Kier molecular flexibility index (Phi) is 6.57. The van der Waals surface area contributed by atoms with Crippen molar-refractivity contribution in [1.29, 1.82) is 0 Å². The van der Waals surface area contributed by atoms with Crippen molar-refractivity contribution in [2.45, 2.75) is 26.7 Å². The molecule has 0 radical (unpaired) electrons. The van der Waals surface area contributed by atoms with E-state index < -0.39 is 0 Å². The molecule has 100 valence electrons. The monoisotopic (exact) mass is 244 g/mol. The van der Waals surface area contributed by atoms with Crippen molar-refractivity contribution in [3.63, 3.8) is 0 Å². The Morgan fingerprint density at radius 2 is 2.06 bits per heavy atom. The minimum Gasteiger partial charge on any atom is -0.409 e. The number of hydrogen-bond donors (Lipinski definition) is 3. The molecule has 0 rings (SSSR count). The molecule has 0 aliphatic rings. The number of nitrogens with zero attached hydrogens (tertiary/aromatic N) is 2. The van der Waals surface area contributed by atoms with Crippen molar-refractivity contribution in [1.82, 2.24) is 10.2 Å². The Morgan fingerprint density at radius 3 is 2.53 bits per heavy atom. The molecule has 6 heteroatoms. The summed E-state index contributed by atoms with van der Waals surface area (Å²) >= 11 is 0. The number of carbonyl (C=O) groups excluding carboxylic acids is 1. The van der Waals surface area contributed by atoms with Crippen LogP contribution in [0.2, 0.25) is 0 Å². The van der Waals surface area contributed by atoms with Crippen LogP contribution in [0.25, 0.3) is 0 Å². The zero-order chi connectivity index (χ0) is 13.5. The molecule has 0 spiro atoms. The van der Waals surface area contributed by atoms with Gasteiger partial charge in [-0.15, -0.1) is 0 Å². The molecular formula is C11H24N4O2. The third-order valence-corrected chi connectivity index (χ3v) is 2.73. The van der Waals surface area contributed by atoms with Gasteiger partial charge in [-0.3, -0.25) is 4.79 Å². The van der Waals surface area contributed by atoms with E-state index >= 15 is 0 Å². The second-order valence-electron chi connectivity index (χ2n) is 4.94. The minimum absolute atomic E-state index is 0.0562. The topological polar surface area (TPSA) is 91.0 Å². The normalized spacial score (nSPS) is 12.6. The highest BCUT2D eigenvalue weighted by Gasteiger charge is 2.22. The van der Waals surface area contributed by atoms with Gasteiger partial charge in [0.2, 0.25) is 5.91 Å². The number of hydrogen-bond acceptors (Lipinski definition) is 4. The third-order valence-electron chi connectivity index (χ3n) is 2.73. The smallest absolute Gasteiger partial charge is 0.236 e. The van der Waals surface area contributed by atoms with Gasteiger partial charge in [-0.1, -0.05) is 19.0 Å². The number of amides is 1. The lowest BCUT2D eigenvalue weighted by atomic mass is 9.86. The van der Waals surface area contributed by atoms with Gasteiger partial charge in [0.1, 0.15) is 5.84 Å². The lowest BCUT2D eigenvalue weighted by Gasteiger charge is -2.22. The molecule has 0 unspecified atom stereocenters. The van der Waals surface area contributed by atoms with Gasteiger partial charge in [-0.25, -0.2) is 0 Å². The van der Waals surface area contributed by atoms with Gasteiger partial charge in [0.05, 0.1) is 6.54 Å². The van der Waals surface area contributed by atoms with Gasteiger partial charge in [0.25, 0.3) is 0 Å². The summed E-state index contributed by atoms with van der Waals surface area (Å²) in [6.45, 7) is 4.93. The molecule has 0 saturated carbocycles. The highest BCUT2D eigenvalue weighted by atomic mass is 16.4. The Bertz CT molecular complexity index is 275. The number of rotatable bonds is 7. The highest BCUT2D eigenvalue weighted by Crippen LogP contribution is 2.21. The van der Waals surface area contributed by atoms with Crippen LogP contribution in [-0.4, -0.2) is 49.0 Å². The van der Waals surface area contributed by atoms with Crippen LogP contribution in [0.4, 0.5) is 0 Å². The standard InChI is InChI=1S/C11H24N4O2/c1-11(2,10(12)14-17)6-5-7-13-8-9(16)15(3)4/h13,17H,5-8H2,1-4H3,(H2,12,14). The molecule has 1 amide bonds. The molecule has 0 aromatic rings. The summed E-state index contributed by atoms with van der Waals surface area (Å²) in [7, 11) is 3.46. The zero-order valence-corrected chi connectivity index (χ0v) is 11.2. The Morgan fingerprint density at radius 1 is 1.47 bits per heavy atom. The van der Waals surface area contributed by atoms with E-state index in [9.17, 15) is 4.79 Å². The first kappa shape index (κ1) is 15.7. The second kappa shape index (κ2) is 7.11. The predicted octanol–water partition coefficient (Wildman–Crippen LogP) is 0.217. The van der Waals surface area contributed by atoms with Crippen LogP contribution in [0.1, 0.15) is 26.7 Å². The summed E-state index contributed by atoms with van der Waals surface area (Å²) in [5.41, 5.74) is 5.25. The molecule has 0 aromatic carbocycles. The van der Waals surface area contributed by atoms with Gasteiger partial charge < -0.3 is 21.2 Å². The Labute approximate surface area is 103 Å². The van der Waals surface area contributed by atoms with Crippen LogP contribution in [0.5, 0.6) is 0 Å². The first-order chi connectivity index (χ1) is 7.81. The first-order valence-corrected chi connectivity index (χ1v) is 5.70. The molecule has 0 fully saturated rings. The summed E-state index contributed by atoms with van der Waals surface area (Å²) in [4.78, 5) is 12.8. The summed E-state index contributed by atoms with van der Waals surface area (Å²) in [6, 6.07) is 0. The maximum absolute atomic E-state index is 11.2. The molecule has 4 N–H and O–H groups in total. The van der Waals surface area contributed by atoms with Crippen LogP contribution < -0.4 is 11.1 Å². The van der Waals surface area contributed by atoms with Gasteiger partial charge in [0.15, 0.2) is 0 Å². The van der Waals surface area contributed by atoms with E-state index in [0.717, 1.165) is 19.4 Å². The average Bonchev–Trinajstić information content (AvgIpc) is 2.26. The molecule has 0 aromatic heterocycles. The van der Waals surface area contributed by atoms with Crippen LogP contribution in [-0.2, 0) is 4.79 Å². The van der Waals surface area contributed by atoms with Crippen molar-refractivity contribution >= 4 is 11.7 Å². The lowest BCUT2D eigenvalue weighted by molar-refractivity contribution is -0.127. The quantitative estimate of drug-likeness (QED) is 0.196. The summed E-state index contributed by atoms with van der Waals surface area (Å²) in [5.74, 6) is 0.294. The molecule has 0 atom stereocenters. The molecule has 0 saturated heterocycles. The fourth-order valence-electron chi connectivity index (χ4n) is 1.27. The average molecular weight is 244 g/mol. The van der Waals surface area contributed by atoms with Crippen molar-refractivity contribution in [2.75, 3.05) is 27.2 Å². The van der Waals surface area contributed by atoms with Crippen LogP contribution >= 0.6 is 0 Å². The number of carbonyl (C=O) groups is 1. The fourth-order valence-corrected chi connectivity index (χ4v) is 1.27. The van der Waals surface area contributed by atoms with Crippen LogP contribution in [0.15, 0.2) is 5.16 Å². The fraction of sp³-hybridized carbons (Fsp3) is 0.818. The summed E-state index contributed by atoms with van der Waals surface area (Å²) in [6.07, 6.45) is 1.66. The number of oxime groups is 1. The van der Waals surface area contributed by atoms with Crippen molar-refractivity contribution in [3.8, 4) is 0 Å². The Hall–Kier alpha value is -1.30. The van der Waals surface area contributed by atoms with Crippen molar-refractivity contribution < 1.29 is 10.0 Å². The molecule has 0 aliphatic heterocycles. The molecule has 17 heavy (non-hydrogen) atoms. The molecular weight excluding hydrogens is 220 g/mol. The van der Waals surface area contributed by atoms with Gasteiger partial charge >= 0.3 is 0 Å².